The van der Waals surface area contributed by atoms with E-state index in [0.717, 1.165) is 102 Å². The van der Waals surface area contributed by atoms with Crippen LogP contribution >= 0.6 is 0 Å². The first kappa shape index (κ1) is 75.5. The second-order valence-corrected chi connectivity index (χ2v) is 36.7. The van der Waals surface area contributed by atoms with Crippen molar-refractivity contribution in [1.29, 1.82) is 0 Å². The van der Waals surface area contributed by atoms with Gasteiger partial charge in [-0.3, -0.25) is 0 Å². The molecular weight excluding hydrogens is 1450 g/mol. The van der Waals surface area contributed by atoms with E-state index in [4.69, 9.17) is 0 Å². The average Bonchev–Trinajstić information content (AvgIpc) is 1.56. The molecule has 0 N–H and O–H groups in total. The highest BCUT2D eigenvalue weighted by atomic mass is 15.2. The lowest BCUT2D eigenvalue weighted by Gasteiger charge is -2.33. The molecule has 0 radical (unpaired) electrons. The van der Waals surface area contributed by atoms with Gasteiger partial charge in [-0.15, -0.1) is 0 Å². The third-order valence-electron chi connectivity index (χ3n) is 27.2. The van der Waals surface area contributed by atoms with E-state index < -0.39 is 0 Å². The maximum Gasteiger partial charge on any atom is 0.0490 e. The van der Waals surface area contributed by atoms with Gasteiger partial charge in [0.05, 0.1) is 0 Å². The smallest absolute Gasteiger partial charge is 0.0490 e. The summed E-state index contributed by atoms with van der Waals surface area (Å²) in [6, 6.07) is 126. The van der Waals surface area contributed by atoms with Crippen molar-refractivity contribution in [2.75, 3.05) is 19.6 Å². The summed E-state index contributed by atoms with van der Waals surface area (Å²) in [5.41, 5.74) is 49.8. The molecule has 16 aromatic carbocycles. The minimum atomic E-state index is -0.226. The van der Waals surface area contributed by atoms with E-state index in [1.54, 1.807) is 0 Å². The standard InChI is InChI=1S/C116H102N4/c1-71-39-51-109(75(5)55-71)117(85-43-47-97-93-31-17-21-35-101(93)113(9,10)105(97)67-85)89-61-83(62-90(65-89)118(110-52-40-72(2)56-76(110)6)86-44-48-98-94-32-18-22-36-102(94)114(11,12)106(98)68-86)81-29-25-27-79(59-81)80-28-26-30-82(60-80)84-63-91(119(111-53-41-73(3)57-77(111)7)87-45-49-99-95-33-19-23-37-103(95)115(13,14)107(99)69-87)66-92(64-84)120(112-54-42-74(4)58-78(112)8)88-46-50-100-96-34-20-24-38-104(96)116(15,16)108(100)70-88/h17-70H,1-16H3. The van der Waals surface area contributed by atoms with E-state index in [1.807, 2.05) is 0 Å². The lowest BCUT2D eigenvalue weighted by molar-refractivity contribution is 0.660. The maximum atomic E-state index is 2.54. The van der Waals surface area contributed by atoms with Crippen molar-refractivity contribution in [3.8, 4) is 77.9 Å². The van der Waals surface area contributed by atoms with E-state index in [2.05, 4.69) is 458 Å². The van der Waals surface area contributed by atoms with Crippen molar-refractivity contribution in [3.63, 3.8) is 0 Å². The fourth-order valence-corrected chi connectivity index (χ4v) is 21.1. The topological polar surface area (TPSA) is 13.0 Å². The predicted octanol–water partition coefficient (Wildman–Crippen LogP) is 32.3. The SMILES string of the molecule is Cc1ccc(N(c2cc(-c3cccc(-c4cccc(-c5cc(N(c6ccc7c(c6)C(C)(C)c6ccccc6-7)c6ccc(C)cc6C)cc(N(c6ccc7c(c6)C(C)(C)c6ccccc6-7)c6ccc(C)cc6C)c5)c4)c3)cc(N(c3ccc4c(c3)C(C)(C)c3ccccc3-4)c3ccc(C)cc3C)c2)c2ccc3c(c2)C(C)(C)c2ccccc2-3)c(C)c1. The second kappa shape index (κ2) is 28.2. The van der Waals surface area contributed by atoms with Crippen molar-refractivity contribution < 1.29 is 0 Å². The molecule has 0 spiro atoms. The highest BCUT2D eigenvalue weighted by Crippen LogP contribution is 2.58. The van der Waals surface area contributed by atoms with Crippen molar-refractivity contribution in [1.82, 2.24) is 0 Å². The highest BCUT2D eigenvalue weighted by molar-refractivity contribution is 5.97. The van der Waals surface area contributed by atoms with Gasteiger partial charge in [-0.1, -0.05) is 284 Å². The van der Waals surface area contributed by atoms with Gasteiger partial charge >= 0.3 is 0 Å². The predicted molar refractivity (Wildman–Crippen MR) is 510 cm³/mol. The molecule has 4 aliphatic carbocycles. The molecule has 0 heterocycles. The van der Waals surface area contributed by atoms with Crippen molar-refractivity contribution in [2.45, 2.75) is 132 Å². The molecule has 586 valence electrons. The van der Waals surface area contributed by atoms with E-state index in [-0.39, 0.29) is 21.7 Å². The fourth-order valence-electron chi connectivity index (χ4n) is 21.1. The maximum absolute atomic E-state index is 2.54. The van der Waals surface area contributed by atoms with Gasteiger partial charge in [0.15, 0.2) is 0 Å². The first-order chi connectivity index (χ1) is 57.8. The zero-order valence-electron chi connectivity index (χ0n) is 72.0. The van der Waals surface area contributed by atoms with Crippen LogP contribution in [0.1, 0.15) is 144 Å². The first-order valence-corrected chi connectivity index (χ1v) is 42.8. The Kier molecular flexibility index (Phi) is 17.7. The van der Waals surface area contributed by atoms with E-state index >= 15 is 0 Å². The van der Waals surface area contributed by atoms with Crippen LogP contribution in [0.3, 0.4) is 0 Å². The van der Waals surface area contributed by atoms with E-state index in [9.17, 15) is 0 Å². The van der Waals surface area contributed by atoms with Crippen molar-refractivity contribution in [2.24, 2.45) is 0 Å². The number of nitrogens with zero attached hydrogens (tertiary/aromatic N) is 4. The van der Waals surface area contributed by atoms with Crippen LogP contribution in [0.4, 0.5) is 68.2 Å². The monoisotopic (exact) mass is 1550 g/mol. The molecule has 0 amide bonds. The van der Waals surface area contributed by atoms with Gasteiger partial charge in [0, 0.05) is 89.9 Å². The Hall–Kier alpha value is -13.3. The molecule has 0 unspecified atom stereocenters. The van der Waals surface area contributed by atoms with Gasteiger partial charge in [0.1, 0.15) is 0 Å². The lowest BCUT2D eigenvalue weighted by Crippen LogP contribution is -2.18. The molecule has 4 nitrogen and oxygen atoms in total. The van der Waals surface area contributed by atoms with Gasteiger partial charge < -0.3 is 19.6 Å². The minimum absolute atomic E-state index is 0.226. The Morgan fingerprint density at radius 2 is 0.375 bits per heavy atom. The van der Waals surface area contributed by atoms with Crippen LogP contribution in [0, 0.1) is 55.4 Å². The van der Waals surface area contributed by atoms with Gasteiger partial charge in [-0.2, -0.15) is 0 Å². The Morgan fingerprint density at radius 1 is 0.158 bits per heavy atom. The average molecular weight is 1550 g/mol. The second-order valence-electron chi connectivity index (χ2n) is 36.7. The Morgan fingerprint density at radius 3 is 0.608 bits per heavy atom. The Balaban J connectivity index is 0.791. The summed E-state index contributed by atoms with van der Waals surface area (Å²) < 4.78 is 0. The fraction of sp³-hybridized carbons (Fsp3) is 0.172. The quantitative estimate of drug-likeness (QED) is 0.101. The Bertz CT molecular complexity index is 6160. The van der Waals surface area contributed by atoms with Gasteiger partial charge in [-0.25, -0.2) is 0 Å². The van der Waals surface area contributed by atoms with Crippen molar-refractivity contribution in [3.05, 3.63) is 417 Å². The molecule has 4 heteroatoms. The molecule has 0 aromatic heterocycles. The van der Waals surface area contributed by atoms with E-state index in [1.165, 1.54) is 134 Å². The normalized spacial score (nSPS) is 14.1. The summed E-state index contributed by atoms with van der Waals surface area (Å²) in [4.78, 5) is 10.2. The third-order valence-corrected chi connectivity index (χ3v) is 27.2. The van der Waals surface area contributed by atoms with Crippen LogP contribution in [0.5, 0.6) is 0 Å². The summed E-state index contributed by atoms with van der Waals surface area (Å²) in [6.45, 7) is 37.1. The number of aryl methyl sites for hydroxylation is 8. The zero-order valence-corrected chi connectivity index (χ0v) is 72.0. The van der Waals surface area contributed by atoms with Crippen LogP contribution in [0.15, 0.2) is 328 Å². The summed E-state index contributed by atoms with van der Waals surface area (Å²) in [7, 11) is 0. The largest absolute Gasteiger partial charge is 0.310 e. The van der Waals surface area contributed by atoms with Crippen LogP contribution in [-0.2, 0) is 21.7 Å². The molecule has 16 aromatic rings. The van der Waals surface area contributed by atoms with E-state index in [0.29, 0.717) is 0 Å². The number of anilines is 12. The molecule has 0 saturated carbocycles. The van der Waals surface area contributed by atoms with Crippen LogP contribution in [-0.4, -0.2) is 0 Å². The van der Waals surface area contributed by atoms with Crippen LogP contribution in [0.25, 0.3) is 77.9 Å². The molecular formula is C116H102N4. The number of rotatable bonds is 15. The number of benzene rings is 16. The summed E-state index contributed by atoms with van der Waals surface area (Å²) >= 11 is 0. The number of hydrogen-bond acceptors (Lipinski definition) is 4. The van der Waals surface area contributed by atoms with Gasteiger partial charge in [0.2, 0.25) is 0 Å². The number of hydrogen-bond donors (Lipinski definition) is 0. The highest BCUT2D eigenvalue weighted by Gasteiger charge is 2.41. The number of fused-ring (bicyclic) bond motifs is 12. The molecule has 0 aliphatic heterocycles. The molecule has 0 saturated heterocycles. The molecule has 0 fully saturated rings. The summed E-state index contributed by atoms with van der Waals surface area (Å²) in [5.74, 6) is 0. The summed E-state index contributed by atoms with van der Waals surface area (Å²) in [5, 5.41) is 0. The molecule has 4 aliphatic rings. The first-order valence-electron chi connectivity index (χ1n) is 42.8. The van der Waals surface area contributed by atoms with Crippen molar-refractivity contribution >= 4 is 68.2 Å². The lowest BCUT2D eigenvalue weighted by atomic mass is 9.82. The zero-order chi connectivity index (χ0) is 82.7. The molecule has 20 rings (SSSR count). The molecule has 0 bridgehead atoms. The van der Waals surface area contributed by atoms with Crippen LogP contribution < -0.4 is 19.6 Å². The third kappa shape index (κ3) is 12.3. The van der Waals surface area contributed by atoms with Crippen LogP contribution in [0.2, 0.25) is 0 Å². The molecule has 120 heavy (non-hydrogen) atoms. The minimum Gasteiger partial charge on any atom is -0.310 e. The molecule has 0 atom stereocenters. The van der Waals surface area contributed by atoms with Gasteiger partial charge in [-0.05, 0) is 321 Å². The summed E-state index contributed by atoms with van der Waals surface area (Å²) in [6.07, 6.45) is 0. The Labute approximate surface area is 710 Å². The van der Waals surface area contributed by atoms with Gasteiger partial charge in [0.25, 0.3) is 0 Å².